The lowest BCUT2D eigenvalue weighted by Crippen LogP contribution is -2.49. The molecule has 2 heterocycles. The van der Waals surface area contributed by atoms with Gasteiger partial charge >= 0.3 is 0 Å². The molecule has 5 heteroatoms. The van der Waals surface area contributed by atoms with Crippen LogP contribution in [0.1, 0.15) is 33.5 Å². The van der Waals surface area contributed by atoms with Crippen molar-refractivity contribution in [2.75, 3.05) is 24.5 Å². The van der Waals surface area contributed by atoms with Crippen LogP contribution in [0.3, 0.4) is 0 Å². The molecule has 0 spiro atoms. The summed E-state index contributed by atoms with van der Waals surface area (Å²) in [4.78, 5) is 6.83. The SMILES string of the molecule is C[C@H]1CN(c2n[nH]c(CC(C)(C)C)n2)CCN1. The molecular formula is C12H23N5. The van der Waals surface area contributed by atoms with Gasteiger partial charge in [-0.05, 0) is 12.3 Å². The first-order valence-electron chi connectivity index (χ1n) is 6.34. The van der Waals surface area contributed by atoms with Crippen LogP contribution in [-0.4, -0.2) is 40.9 Å². The molecule has 1 aromatic heterocycles. The maximum atomic E-state index is 4.59. The lowest BCUT2D eigenvalue weighted by Gasteiger charge is -2.30. The van der Waals surface area contributed by atoms with E-state index < -0.39 is 0 Å². The van der Waals surface area contributed by atoms with Crippen molar-refractivity contribution in [1.82, 2.24) is 20.5 Å². The Hall–Kier alpha value is -1.10. The van der Waals surface area contributed by atoms with E-state index in [4.69, 9.17) is 0 Å². The predicted molar refractivity (Wildman–Crippen MR) is 69.2 cm³/mol. The number of aromatic amines is 1. The molecule has 2 N–H and O–H groups in total. The Labute approximate surface area is 103 Å². The van der Waals surface area contributed by atoms with Crippen molar-refractivity contribution in [2.45, 2.75) is 40.2 Å². The number of hydrogen-bond acceptors (Lipinski definition) is 4. The molecule has 1 saturated heterocycles. The zero-order valence-corrected chi connectivity index (χ0v) is 11.2. The summed E-state index contributed by atoms with van der Waals surface area (Å²) in [5.74, 6) is 1.83. The van der Waals surface area contributed by atoms with E-state index in [1.54, 1.807) is 0 Å². The Bertz CT molecular complexity index is 365. The van der Waals surface area contributed by atoms with E-state index >= 15 is 0 Å². The Morgan fingerprint density at radius 1 is 1.41 bits per heavy atom. The Morgan fingerprint density at radius 3 is 2.82 bits per heavy atom. The second-order valence-corrected chi connectivity index (χ2v) is 6.12. The summed E-state index contributed by atoms with van der Waals surface area (Å²) in [5, 5.41) is 10.8. The van der Waals surface area contributed by atoms with Gasteiger partial charge in [-0.3, -0.25) is 5.10 Å². The van der Waals surface area contributed by atoms with Gasteiger partial charge in [-0.1, -0.05) is 20.8 Å². The van der Waals surface area contributed by atoms with Gasteiger partial charge in [-0.2, -0.15) is 4.98 Å². The highest BCUT2D eigenvalue weighted by Gasteiger charge is 2.20. The number of aromatic nitrogens is 3. The van der Waals surface area contributed by atoms with Crippen molar-refractivity contribution in [3.05, 3.63) is 5.82 Å². The molecule has 1 aliphatic heterocycles. The van der Waals surface area contributed by atoms with Crippen LogP contribution in [0.5, 0.6) is 0 Å². The van der Waals surface area contributed by atoms with Gasteiger partial charge in [0.05, 0.1) is 0 Å². The van der Waals surface area contributed by atoms with Gasteiger partial charge in [0, 0.05) is 32.1 Å². The fraction of sp³-hybridized carbons (Fsp3) is 0.833. The van der Waals surface area contributed by atoms with Crippen LogP contribution in [0.15, 0.2) is 0 Å². The van der Waals surface area contributed by atoms with Gasteiger partial charge in [0.2, 0.25) is 5.95 Å². The molecule has 0 aromatic carbocycles. The van der Waals surface area contributed by atoms with E-state index in [9.17, 15) is 0 Å². The molecule has 1 aromatic rings. The maximum absolute atomic E-state index is 4.59. The van der Waals surface area contributed by atoms with E-state index in [2.05, 4.69) is 53.1 Å². The van der Waals surface area contributed by atoms with Gasteiger partial charge in [-0.25, -0.2) is 0 Å². The molecule has 0 aliphatic carbocycles. The van der Waals surface area contributed by atoms with Crippen LogP contribution in [-0.2, 0) is 6.42 Å². The maximum Gasteiger partial charge on any atom is 0.244 e. The molecule has 0 amide bonds. The van der Waals surface area contributed by atoms with Crippen molar-refractivity contribution < 1.29 is 0 Å². The molecule has 0 bridgehead atoms. The van der Waals surface area contributed by atoms with Gasteiger partial charge < -0.3 is 10.2 Å². The van der Waals surface area contributed by atoms with Crippen molar-refractivity contribution in [3.8, 4) is 0 Å². The topological polar surface area (TPSA) is 56.8 Å². The Balaban J connectivity index is 2.02. The number of nitrogens with one attached hydrogen (secondary N) is 2. The highest BCUT2D eigenvalue weighted by molar-refractivity contribution is 5.30. The first-order valence-corrected chi connectivity index (χ1v) is 6.34. The largest absolute Gasteiger partial charge is 0.337 e. The van der Waals surface area contributed by atoms with Gasteiger partial charge in [0.15, 0.2) is 0 Å². The average Bonchev–Trinajstić information content (AvgIpc) is 2.63. The van der Waals surface area contributed by atoms with Crippen LogP contribution in [0, 0.1) is 5.41 Å². The van der Waals surface area contributed by atoms with E-state index in [1.165, 1.54) is 0 Å². The highest BCUT2D eigenvalue weighted by atomic mass is 15.4. The first kappa shape index (κ1) is 12.4. The zero-order chi connectivity index (χ0) is 12.5. The van der Waals surface area contributed by atoms with Crippen molar-refractivity contribution >= 4 is 5.95 Å². The van der Waals surface area contributed by atoms with Crippen molar-refractivity contribution in [2.24, 2.45) is 5.41 Å². The Kier molecular flexibility index (Phi) is 3.38. The number of anilines is 1. The van der Waals surface area contributed by atoms with Gasteiger partial charge in [-0.15, -0.1) is 5.10 Å². The van der Waals surface area contributed by atoms with Gasteiger partial charge in [0.25, 0.3) is 0 Å². The molecule has 1 aliphatic rings. The summed E-state index contributed by atoms with van der Waals surface area (Å²) in [7, 11) is 0. The third kappa shape index (κ3) is 3.43. The molecular weight excluding hydrogens is 214 g/mol. The van der Waals surface area contributed by atoms with Gasteiger partial charge in [0.1, 0.15) is 5.82 Å². The minimum Gasteiger partial charge on any atom is -0.337 e. The van der Waals surface area contributed by atoms with Crippen LogP contribution >= 0.6 is 0 Å². The molecule has 1 atom stereocenters. The molecule has 0 unspecified atom stereocenters. The fourth-order valence-electron chi connectivity index (χ4n) is 2.12. The predicted octanol–water partition coefficient (Wildman–Crippen LogP) is 1.19. The summed E-state index contributed by atoms with van der Waals surface area (Å²) in [6, 6.07) is 0.508. The smallest absolute Gasteiger partial charge is 0.244 e. The summed E-state index contributed by atoms with van der Waals surface area (Å²) < 4.78 is 0. The molecule has 2 rings (SSSR count). The molecule has 0 radical (unpaired) electrons. The second kappa shape index (κ2) is 4.64. The van der Waals surface area contributed by atoms with E-state index in [-0.39, 0.29) is 5.41 Å². The molecule has 0 saturated carbocycles. The fourth-order valence-corrected chi connectivity index (χ4v) is 2.12. The standard InChI is InChI=1S/C12H23N5/c1-9-8-17(6-5-13-9)11-14-10(15-16-11)7-12(2,3)4/h9,13H,5-8H2,1-4H3,(H,14,15,16)/t9-/m0/s1. The van der Waals surface area contributed by atoms with E-state index in [0.29, 0.717) is 6.04 Å². The van der Waals surface area contributed by atoms with Crippen molar-refractivity contribution in [3.63, 3.8) is 0 Å². The lowest BCUT2D eigenvalue weighted by atomic mass is 9.92. The van der Waals surface area contributed by atoms with Crippen LogP contribution < -0.4 is 10.2 Å². The van der Waals surface area contributed by atoms with Crippen LogP contribution in [0.4, 0.5) is 5.95 Å². The van der Waals surface area contributed by atoms with E-state index in [1.807, 2.05) is 0 Å². The molecule has 96 valence electrons. The van der Waals surface area contributed by atoms with Crippen molar-refractivity contribution in [1.29, 1.82) is 0 Å². The first-order chi connectivity index (χ1) is 7.94. The third-order valence-electron chi connectivity index (χ3n) is 2.87. The second-order valence-electron chi connectivity index (χ2n) is 6.12. The minimum absolute atomic E-state index is 0.244. The minimum atomic E-state index is 0.244. The summed E-state index contributed by atoms with van der Waals surface area (Å²) in [6.45, 7) is 11.8. The summed E-state index contributed by atoms with van der Waals surface area (Å²) in [5.41, 5.74) is 0.244. The summed E-state index contributed by atoms with van der Waals surface area (Å²) >= 11 is 0. The number of nitrogens with zero attached hydrogens (tertiary/aromatic N) is 3. The monoisotopic (exact) mass is 237 g/mol. The molecule has 1 fully saturated rings. The normalized spacial score (nSPS) is 21.9. The number of hydrogen-bond donors (Lipinski definition) is 2. The average molecular weight is 237 g/mol. The number of piperazine rings is 1. The lowest BCUT2D eigenvalue weighted by molar-refractivity contribution is 0.401. The number of H-pyrrole nitrogens is 1. The quantitative estimate of drug-likeness (QED) is 0.811. The zero-order valence-electron chi connectivity index (χ0n) is 11.2. The third-order valence-corrected chi connectivity index (χ3v) is 2.87. The highest BCUT2D eigenvalue weighted by Crippen LogP contribution is 2.19. The molecule has 5 nitrogen and oxygen atoms in total. The summed E-state index contributed by atoms with van der Waals surface area (Å²) in [6.07, 6.45) is 0.932. The Morgan fingerprint density at radius 2 is 2.18 bits per heavy atom. The van der Waals surface area contributed by atoms with E-state index in [0.717, 1.165) is 37.8 Å². The molecule has 17 heavy (non-hydrogen) atoms. The van der Waals surface area contributed by atoms with Crippen LogP contribution in [0.25, 0.3) is 0 Å². The number of rotatable bonds is 2. The van der Waals surface area contributed by atoms with Crippen LogP contribution in [0.2, 0.25) is 0 Å².